The van der Waals surface area contributed by atoms with Crippen LogP contribution in [0.4, 0.5) is 0 Å². The fourth-order valence-corrected chi connectivity index (χ4v) is 3.08. The Hall–Kier alpha value is -2.15. The lowest BCUT2D eigenvalue weighted by atomic mass is 10.2. The predicted molar refractivity (Wildman–Crippen MR) is 76.2 cm³/mol. The molecule has 2 atom stereocenters. The molecule has 0 aromatic carbocycles. The number of nitrogens with zero attached hydrogens (tertiary/aromatic N) is 2. The number of amides is 1. The molecule has 0 aliphatic carbocycles. The number of morpholine rings is 1. The molecular weight excluding hydrogens is 288 g/mol. The van der Waals surface area contributed by atoms with E-state index in [1.807, 2.05) is 4.90 Å². The molecule has 2 aliphatic heterocycles. The minimum atomic E-state index is -1.12. The van der Waals surface area contributed by atoms with E-state index in [2.05, 4.69) is 4.98 Å². The quantitative estimate of drug-likeness (QED) is 0.898. The first-order valence-corrected chi connectivity index (χ1v) is 7.38. The number of aromatic carboxylic acids is 1. The molecule has 7 heteroatoms. The Bertz CT molecular complexity index is 588. The molecule has 3 heterocycles. The maximum absolute atomic E-state index is 12.7. The molecule has 0 spiro atoms. The number of hydrogen-bond donors (Lipinski definition) is 1. The van der Waals surface area contributed by atoms with E-state index < -0.39 is 5.97 Å². The van der Waals surface area contributed by atoms with E-state index in [1.54, 1.807) is 6.92 Å². The fraction of sp³-hybridized carbons (Fsp3) is 0.533. The number of carbonyl (C=O) groups is 2. The first-order chi connectivity index (χ1) is 10.6. The van der Waals surface area contributed by atoms with Gasteiger partial charge >= 0.3 is 5.97 Å². The highest BCUT2D eigenvalue weighted by molar-refractivity contribution is 5.96. The summed E-state index contributed by atoms with van der Waals surface area (Å²) in [5.74, 6) is -1.14. The SMILES string of the molecule is CCOc1cc(C(=O)N2C3CCC2COC3)ncc1C(=O)O. The van der Waals surface area contributed by atoms with Crippen LogP contribution in [-0.4, -0.2) is 58.8 Å². The van der Waals surface area contributed by atoms with Crippen molar-refractivity contribution in [3.8, 4) is 5.75 Å². The molecule has 1 N–H and O–H groups in total. The van der Waals surface area contributed by atoms with Crippen LogP contribution in [-0.2, 0) is 4.74 Å². The summed E-state index contributed by atoms with van der Waals surface area (Å²) in [5, 5.41) is 9.13. The number of carboxylic acid groups (broad SMARTS) is 1. The van der Waals surface area contributed by atoms with E-state index in [1.165, 1.54) is 12.3 Å². The highest BCUT2D eigenvalue weighted by atomic mass is 16.5. The third-order valence-corrected chi connectivity index (χ3v) is 4.09. The van der Waals surface area contributed by atoms with E-state index in [0.29, 0.717) is 19.8 Å². The van der Waals surface area contributed by atoms with Crippen LogP contribution >= 0.6 is 0 Å². The monoisotopic (exact) mass is 306 g/mol. The number of hydrogen-bond acceptors (Lipinski definition) is 5. The van der Waals surface area contributed by atoms with Crippen molar-refractivity contribution < 1.29 is 24.2 Å². The van der Waals surface area contributed by atoms with Crippen LogP contribution in [0.25, 0.3) is 0 Å². The van der Waals surface area contributed by atoms with Crippen LogP contribution in [0.2, 0.25) is 0 Å². The fourth-order valence-electron chi connectivity index (χ4n) is 3.08. The third kappa shape index (κ3) is 2.52. The first-order valence-electron chi connectivity index (χ1n) is 7.38. The molecule has 22 heavy (non-hydrogen) atoms. The van der Waals surface area contributed by atoms with Crippen LogP contribution in [0.15, 0.2) is 12.3 Å². The lowest BCUT2D eigenvalue weighted by Crippen LogP contribution is -2.49. The molecule has 0 radical (unpaired) electrons. The summed E-state index contributed by atoms with van der Waals surface area (Å²) in [6, 6.07) is 1.59. The summed E-state index contributed by atoms with van der Waals surface area (Å²) in [6.07, 6.45) is 3.05. The zero-order valence-corrected chi connectivity index (χ0v) is 12.3. The van der Waals surface area contributed by atoms with Gasteiger partial charge < -0.3 is 19.5 Å². The topological polar surface area (TPSA) is 89.0 Å². The molecule has 1 aromatic heterocycles. The normalized spacial score (nSPS) is 23.4. The Morgan fingerprint density at radius 2 is 2.09 bits per heavy atom. The van der Waals surface area contributed by atoms with Gasteiger partial charge in [0.05, 0.1) is 31.9 Å². The third-order valence-electron chi connectivity index (χ3n) is 4.09. The second-order valence-corrected chi connectivity index (χ2v) is 5.44. The van der Waals surface area contributed by atoms with Gasteiger partial charge in [0.25, 0.3) is 5.91 Å². The Morgan fingerprint density at radius 1 is 1.41 bits per heavy atom. The maximum atomic E-state index is 12.7. The van der Waals surface area contributed by atoms with Crippen molar-refractivity contribution in [2.45, 2.75) is 31.8 Å². The second-order valence-electron chi connectivity index (χ2n) is 5.44. The summed E-state index contributed by atoms with van der Waals surface area (Å²) in [5.41, 5.74) is 0.176. The summed E-state index contributed by atoms with van der Waals surface area (Å²) in [7, 11) is 0. The van der Waals surface area contributed by atoms with Gasteiger partial charge in [0, 0.05) is 12.3 Å². The number of pyridine rings is 1. The standard InChI is InChI=1S/C15H18N2O5/c1-2-22-13-5-12(16-6-11(13)15(19)20)14(18)17-9-3-4-10(17)8-21-7-9/h5-6,9-10H,2-4,7-8H2,1H3,(H,19,20). The van der Waals surface area contributed by atoms with Crippen molar-refractivity contribution in [2.75, 3.05) is 19.8 Å². The Kier molecular flexibility index (Phi) is 3.98. The van der Waals surface area contributed by atoms with Gasteiger partial charge in [0.2, 0.25) is 0 Å². The second kappa shape index (κ2) is 5.92. The van der Waals surface area contributed by atoms with E-state index >= 15 is 0 Å². The van der Waals surface area contributed by atoms with Crippen LogP contribution in [0.3, 0.4) is 0 Å². The lowest BCUT2D eigenvalue weighted by molar-refractivity contribution is -0.00749. The molecule has 2 bridgehead atoms. The number of carbonyl (C=O) groups excluding carboxylic acids is 1. The van der Waals surface area contributed by atoms with Crippen molar-refractivity contribution in [2.24, 2.45) is 0 Å². The van der Waals surface area contributed by atoms with Crippen molar-refractivity contribution in [3.63, 3.8) is 0 Å². The van der Waals surface area contributed by atoms with Crippen LogP contribution in [0, 0.1) is 0 Å². The molecule has 0 saturated carbocycles. The summed E-state index contributed by atoms with van der Waals surface area (Å²) >= 11 is 0. The van der Waals surface area contributed by atoms with Crippen molar-refractivity contribution in [1.82, 2.24) is 9.88 Å². The molecule has 7 nitrogen and oxygen atoms in total. The number of carboxylic acids is 1. The summed E-state index contributed by atoms with van der Waals surface area (Å²) < 4.78 is 10.8. The van der Waals surface area contributed by atoms with Gasteiger partial charge in [-0.25, -0.2) is 9.78 Å². The van der Waals surface area contributed by atoms with Crippen LogP contribution in [0.1, 0.15) is 40.6 Å². The molecule has 2 unspecified atom stereocenters. The van der Waals surface area contributed by atoms with Gasteiger partial charge in [-0.05, 0) is 19.8 Å². The van der Waals surface area contributed by atoms with Gasteiger partial charge in [-0.1, -0.05) is 0 Å². The van der Waals surface area contributed by atoms with Gasteiger partial charge in [-0.3, -0.25) is 4.79 Å². The lowest BCUT2D eigenvalue weighted by Gasteiger charge is -2.34. The average Bonchev–Trinajstić information content (AvgIpc) is 2.75. The molecule has 2 fully saturated rings. The molecule has 118 valence electrons. The summed E-state index contributed by atoms with van der Waals surface area (Å²) in [6.45, 7) is 3.18. The van der Waals surface area contributed by atoms with Gasteiger partial charge in [0.1, 0.15) is 17.0 Å². The van der Waals surface area contributed by atoms with Crippen molar-refractivity contribution in [3.05, 3.63) is 23.5 Å². The van der Waals surface area contributed by atoms with E-state index in [9.17, 15) is 9.59 Å². The van der Waals surface area contributed by atoms with Crippen LogP contribution < -0.4 is 4.74 Å². The minimum absolute atomic E-state index is 0.0386. The zero-order chi connectivity index (χ0) is 15.7. The van der Waals surface area contributed by atoms with Crippen molar-refractivity contribution >= 4 is 11.9 Å². The molecular formula is C15H18N2O5. The predicted octanol–water partition coefficient (Wildman–Crippen LogP) is 1.18. The number of rotatable bonds is 4. The highest BCUT2D eigenvalue weighted by Gasteiger charge is 2.41. The number of ether oxygens (including phenoxy) is 2. The largest absolute Gasteiger partial charge is 0.493 e. The number of fused-ring (bicyclic) bond motifs is 2. The molecule has 1 amide bonds. The zero-order valence-electron chi connectivity index (χ0n) is 12.3. The van der Waals surface area contributed by atoms with Gasteiger partial charge in [-0.2, -0.15) is 0 Å². The van der Waals surface area contributed by atoms with E-state index in [0.717, 1.165) is 12.8 Å². The molecule has 3 rings (SSSR count). The van der Waals surface area contributed by atoms with E-state index in [4.69, 9.17) is 14.6 Å². The first kappa shape index (κ1) is 14.8. The summed E-state index contributed by atoms with van der Waals surface area (Å²) in [4.78, 5) is 29.7. The number of aromatic nitrogens is 1. The van der Waals surface area contributed by atoms with Gasteiger partial charge in [0.15, 0.2) is 0 Å². The molecule has 2 saturated heterocycles. The minimum Gasteiger partial charge on any atom is -0.493 e. The van der Waals surface area contributed by atoms with Gasteiger partial charge in [-0.15, -0.1) is 0 Å². The average molecular weight is 306 g/mol. The molecule has 2 aliphatic rings. The Balaban J connectivity index is 1.89. The molecule has 1 aromatic rings. The van der Waals surface area contributed by atoms with E-state index in [-0.39, 0.29) is 35.0 Å². The Labute approximate surface area is 127 Å². The highest BCUT2D eigenvalue weighted by Crippen LogP contribution is 2.30. The smallest absolute Gasteiger partial charge is 0.341 e. The maximum Gasteiger partial charge on any atom is 0.341 e. The van der Waals surface area contributed by atoms with Crippen molar-refractivity contribution in [1.29, 1.82) is 0 Å². The van der Waals surface area contributed by atoms with Crippen LogP contribution in [0.5, 0.6) is 5.75 Å². The Morgan fingerprint density at radius 3 is 2.68 bits per heavy atom.